The second-order valence-electron chi connectivity index (χ2n) is 8.58. The molecule has 8 heteroatoms. The SMILES string of the molecule is Cc1ccc(C2(CCOS(C)(=O)=O)CCCNC(C(=O)Cc3c(F)cccc3Cl)C2)cc1. The molecular formula is C24H29ClFNO4S. The van der Waals surface area contributed by atoms with E-state index in [9.17, 15) is 17.6 Å². The first-order valence-corrected chi connectivity index (χ1v) is 12.9. The summed E-state index contributed by atoms with van der Waals surface area (Å²) in [6.45, 7) is 2.68. The van der Waals surface area contributed by atoms with Crippen LogP contribution in [0.25, 0.3) is 0 Å². The first kappa shape index (κ1) is 24.8. The Bertz CT molecular complexity index is 1040. The Morgan fingerprint density at radius 2 is 1.97 bits per heavy atom. The smallest absolute Gasteiger partial charge is 0.264 e. The van der Waals surface area contributed by atoms with Crippen LogP contribution in [0.3, 0.4) is 0 Å². The van der Waals surface area contributed by atoms with E-state index in [1.807, 2.05) is 31.2 Å². The average molecular weight is 482 g/mol. The lowest BCUT2D eigenvalue weighted by Gasteiger charge is -2.35. The van der Waals surface area contributed by atoms with Crippen LogP contribution < -0.4 is 5.32 Å². The zero-order valence-corrected chi connectivity index (χ0v) is 19.9. The Kier molecular flexibility index (Phi) is 8.09. The largest absolute Gasteiger partial charge is 0.307 e. The van der Waals surface area contributed by atoms with Crippen LogP contribution in [0.15, 0.2) is 42.5 Å². The van der Waals surface area contributed by atoms with Crippen molar-refractivity contribution in [3.8, 4) is 0 Å². The van der Waals surface area contributed by atoms with E-state index in [4.69, 9.17) is 15.8 Å². The maximum atomic E-state index is 14.3. The molecule has 0 aliphatic carbocycles. The number of Topliss-reactive ketones (excluding diaryl/α,β-unsaturated/α-hetero) is 1. The molecule has 2 atom stereocenters. The van der Waals surface area contributed by atoms with E-state index >= 15 is 0 Å². The highest BCUT2D eigenvalue weighted by atomic mass is 35.5. The molecule has 0 radical (unpaired) electrons. The third-order valence-electron chi connectivity index (χ3n) is 6.16. The molecule has 3 rings (SSSR count). The minimum atomic E-state index is -3.57. The zero-order valence-electron chi connectivity index (χ0n) is 18.4. The molecule has 0 amide bonds. The lowest BCUT2D eigenvalue weighted by Crippen LogP contribution is -2.42. The predicted octanol–water partition coefficient (Wildman–Crippen LogP) is 4.35. The van der Waals surface area contributed by atoms with E-state index < -0.39 is 27.4 Å². The third kappa shape index (κ3) is 6.38. The maximum absolute atomic E-state index is 14.3. The van der Waals surface area contributed by atoms with E-state index in [0.717, 1.165) is 30.2 Å². The Morgan fingerprint density at radius 1 is 1.25 bits per heavy atom. The van der Waals surface area contributed by atoms with Gasteiger partial charge in [-0.25, -0.2) is 4.39 Å². The lowest BCUT2D eigenvalue weighted by atomic mass is 9.70. The molecule has 2 unspecified atom stereocenters. The number of hydrogen-bond donors (Lipinski definition) is 1. The summed E-state index contributed by atoms with van der Waals surface area (Å²) in [6, 6.07) is 12.0. The Hall–Kier alpha value is -1.80. The van der Waals surface area contributed by atoms with Crippen molar-refractivity contribution in [2.75, 3.05) is 19.4 Å². The normalized spacial score (nSPS) is 21.8. The predicted molar refractivity (Wildman–Crippen MR) is 124 cm³/mol. The van der Waals surface area contributed by atoms with Gasteiger partial charge in [0.1, 0.15) is 5.82 Å². The minimum Gasteiger partial charge on any atom is -0.307 e. The van der Waals surface area contributed by atoms with Crippen molar-refractivity contribution in [3.63, 3.8) is 0 Å². The monoisotopic (exact) mass is 481 g/mol. The van der Waals surface area contributed by atoms with Crippen LogP contribution >= 0.6 is 11.6 Å². The van der Waals surface area contributed by atoms with Crippen molar-refractivity contribution in [3.05, 3.63) is 70.0 Å². The molecule has 0 aromatic heterocycles. The van der Waals surface area contributed by atoms with E-state index in [0.29, 0.717) is 19.4 Å². The van der Waals surface area contributed by atoms with Gasteiger partial charge in [0, 0.05) is 17.0 Å². The first-order chi connectivity index (χ1) is 15.1. The minimum absolute atomic E-state index is 0.0345. The molecule has 1 aliphatic rings. The van der Waals surface area contributed by atoms with E-state index in [1.54, 1.807) is 6.07 Å². The summed E-state index contributed by atoms with van der Waals surface area (Å²) in [7, 11) is -3.57. The highest BCUT2D eigenvalue weighted by Gasteiger charge is 2.38. The van der Waals surface area contributed by atoms with Crippen molar-refractivity contribution >= 4 is 27.5 Å². The van der Waals surface area contributed by atoms with Gasteiger partial charge < -0.3 is 5.32 Å². The Balaban J connectivity index is 1.88. The van der Waals surface area contributed by atoms with Crippen molar-refractivity contribution in [2.45, 2.75) is 50.5 Å². The maximum Gasteiger partial charge on any atom is 0.264 e. The molecule has 2 aromatic carbocycles. The van der Waals surface area contributed by atoms with Crippen LogP contribution in [-0.2, 0) is 30.9 Å². The summed E-state index contributed by atoms with van der Waals surface area (Å²) in [6.07, 6.45) is 3.44. The van der Waals surface area contributed by atoms with Gasteiger partial charge in [-0.15, -0.1) is 0 Å². The number of nitrogens with one attached hydrogen (secondary N) is 1. The molecule has 1 saturated heterocycles. The standard InChI is InChI=1S/C24H29ClFNO4S/c1-17-7-9-18(10-8-17)24(12-14-31-32(2,29)30)11-4-13-27-22(16-24)23(28)15-19-20(25)5-3-6-21(19)26/h3,5-10,22,27H,4,11-16H2,1-2H3. The molecule has 0 spiro atoms. The number of rotatable bonds is 8. The van der Waals surface area contributed by atoms with Gasteiger partial charge in [0.05, 0.1) is 18.9 Å². The second-order valence-corrected chi connectivity index (χ2v) is 10.6. The van der Waals surface area contributed by atoms with Crippen LogP contribution in [0.1, 0.15) is 42.4 Å². The highest BCUT2D eigenvalue weighted by Crippen LogP contribution is 2.40. The number of carbonyl (C=O) groups excluding carboxylic acids is 1. The number of aryl methyl sites for hydroxylation is 1. The Labute approximate surface area is 194 Å². The van der Waals surface area contributed by atoms with Crippen LogP contribution in [0, 0.1) is 12.7 Å². The van der Waals surface area contributed by atoms with E-state index in [-0.39, 0.29) is 29.4 Å². The van der Waals surface area contributed by atoms with Crippen LogP contribution in [0.5, 0.6) is 0 Å². The molecule has 0 bridgehead atoms. The van der Waals surface area contributed by atoms with Crippen LogP contribution in [-0.4, -0.2) is 39.7 Å². The molecule has 1 heterocycles. The molecule has 0 saturated carbocycles. The third-order valence-corrected chi connectivity index (χ3v) is 7.11. The summed E-state index contributed by atoms with van der Waals surface area (Å²) in [5.74, 6) is -0.634. The molecule has 1 fully saturated rings. The van der Waals surface area contributed by atoms with Crippen molar-refractivity contribution < 1.29 is 21.8 Å². The molecule has 5 nitrogen and oxygen atoms in total. The van der Waals surface area contributed by atoms with Gasteiger partial charge in [-0.05, 0) is 62.3 Å². The average Bonchev–Trinajstić information content (AvgIpc) is 2.94. The van der Waals surface area contributed by atoms with Crippen molar-refractivity contribution in [1.29, 1.82) is 0 Å². The summed E-state index contributed by atoms with van der Waals surface area (Å²) in [4.78, 5) is 13.2. The second kappa shape index (κ2) is 10.4. The number of ketones is 1. The molecule has 2 aromatic rings. The fourth-order valence-electron chi connectivity index (χ4n) is 4.42. The number of benzene rings is 2. The van der Waals surface area contributed by atoms with Crippen LogP contribution in [0.4, 0.5) is 4.39 Å². The Morgan fingerprint density at radius 3 is 2.62 bits per heavy atom. The quantitative estimate of drug-likeness (QED) is 0.567. The fourth-order valence-corrected chi connectivity index (χ4v) is 5.04. The zero-order chi connectivity index (χ0) is 23.4. The van der Waals surface area contributed by atoms with Gasteiger partial charge in [0.15, 0.2) is 5.78 Å². The number of hydrogen-bond acceptors (Lipinski definition) is 5. The fraction of sp³-hybridized carbons (Fsp3) is 0.458. The molecule has 1 N–H and O–H groups in total. The molecule has 1 aliphatic heterocycles. The lowest BCUT2D eigenvalue weighted by molar-refractivity contribution is -0.120. The topological polar surface area (TPSA) is 72.5 Å². The summed E-state index contributed by atoms with van der Waals surface area (Å²) < 4.78 is 42.4. The van der Waals surface area contributed by atoms with Gasteiger partial charge in [-0.1, -0.05) is 47.5 Å². The van der Waals surface area contributed by atoms with Gasteiger partial charge in [0.2, 0.25) is 0 Å². The highest BCUT2D eigenvalue weighted by molar-refractivity contribution is 7.85. The van der Waals surface area contributed by atoms with Crippen molar-refractivity contribution in [2.24, 2.45) is 0 Å². The van der Waals surface area contributed by atoms with Crippen molar-refractivity contribution in [1.82, 2.24) is 5.32 Å². The number of carbonyl (C=O) groups is 1. The van der Waals surface area contributed by atoms with Gasteiger partial charge in [0.25, 0.3) is 10.1 Å². The number of halogens is 2. The molecular weight excluding hydrogens is 453 g/mol. The van der Waals surface area contributed by atoms with Gasteiger partial charge >= 0.3 is 0 Å². The summed E-state index contributed by atoms with van der Waals surface area (Å²) in [5.41, 5.74) is 1.92. The van der Waals surface area contributed by atoms with E-state index in [1.165, 1.54) is 12.1 Å². The van der Waals surface area contributed by atoms with E-state index in [2.05, 4.69) is 5.32 Å². The van der Waals surface area contributed by atoms with Crippen LogP contribution in [0.2, 0.25) is 5.02 Å². The van der Waals surface area contributed by atoms with Gasteiger partial charge in [-0.3, -0.25) is 8.98 Å². The molecule has 174 valence electrons. The summed E-state index contributed by atoms with van der Waals surface area (Å²) in [5, 5.41) is 3.54. The molecule has 32 heavy (non-hydrogen) atoms. The summed E-state index contributed by atoms with van der Waals surface area (Å²) >= 11 is 6.14. The van der Waals surface area contributed by atoms with Gasteiger partial charge in [-0.2, -0.15) is 8.42 Å². The first-order valence-electron chi connectivity index (χ1n) is 10.7.